The number of ether oxygens (including phenoxy) is 1. The summed E-state index contributed by atoms with van der Waals surface area (Å²) in [4.78, 5) is 4.80. The van der Waals surface area contributed by atoms with E-state index in [1.807, 2.05) is 18.2 Å². The summed E-state index contributed by atoms with van der Waals surface area (Å²) in [6.45, 7) is 14.1. The smallest absolute Gasteiger partial charge is 0.115 e. The number of phenols is 1. The highest BCUT2D eigenvalue weighted by atomic mass is 16.5. The van der Waals surface area contributed by atoms with Gasteiger partial charge in [-0.15, -0.1) is 0 Å². The fraction of sp³-hybridized carbons (Fsp3) is 0.419. The number of hydrogen-bond acceptors (Lipinski definition) is 4. The van der Waals surface area contributed by atoms with Gasteiger partial charge in [0.2, 0.25) is 0 Å². The molecule has 1 atom stereocenters. The highest BCUT2D eigenvalue weighted by Gasteiger charge is 2.30. The molecule has 0 saturated heterocycles. The fourth-order valence-corrected chi connectivity index (χ4v) is 3.99. The summed E-state index contributed by atoms with van der Waals surface area (Å²) in [5.41, 5.74) is 3.36. The van der Waals surface area contributed by atoms with Gasteiger partial charge in [-0.2, -0.15) is 0 Å². The minimum absolute atomic E-state index is 0.0145. The molecule has 0 aromatic heterocycles. The standard InChI is InChI=1S/C31H42N2O2/c1-30(2,3)32(6)23-29(27-18-13-19-28(34)20-27)35-24-31(4,5)33(21-25-14-9-7-10-15-25)22-26-16-11-8-12-17-26/h7-20,29,34H,21-24H2,1-6H3/t29-/m1/s1. The van der Waals surface area contributed by atoms with Crippen molar-refractivity contribution in [3.05, 3.63) is 102 Å². The van der Waals surface area contributed by atoms with Crippen LogP contribution < -0.4 is 0 Å². The van der Waals surface area contributed by atoms with Gasteiger partial charge < -0.3 is 9.84 Å². The van der Waals surface area contributed by atoms with Crippen molar-refractivity contribution >= 4 is 0 Å². The van der Waals surface area contributed by atoms with Gasteiger partial charge in [-0.3, -0.25) is 9.80 Å². The van der Waals surface area contributed by atoms with Crippen LogP contribution in [0.4, 0.5) is 0 Å². The second-order valence-corrected chi connectivity index (χ2v) is 11.1. The van der Waals surface area contributed by atoms with Crippen molar-refractivity contribution in [2.24, 2.45) is 0 Å². The zero-order valence-electron chi connectivity index (χ0n) is 22.2. The molecule has 0 aliphatic carbocycles. The van der Waals surface area contributed by atoms with E-state index in [1.54, 1.807) is 6.07 Å². The van der Waals surface area contributed by atoms with E-state index < -0.39 is 0 Å². The first-order valence-corrected chi connectivity index (χ1v) is 12.5. The van der Waals surface area contributed by atoms with Gasteiger partial charge in [0.25, 0.3) is 0 Å². The predicted octanol–water partition coefficient (Wildman–Crippen LogP) is 6.66. The summed E-state index contributed by atoms with van der Waals surface area (Å²) in [5, 5.41) is 10.1. The van der Waals surface area contributed by atoms with Gasteiger partial charge >= 0.3 is 0 Å². The van der Waals surface area contributed by atoms with E-state index in [9.17, 15) is 5.11 Å². The van der Waals surface area contributed by atoms with Gasteiger partial charge in [-0.05, 0) is 70.5 Å². The van der Waals surface area contributed by atoms with Crippen molar-refractivity contribution in [3.63, 3.8) is 0 Å². The number of nitrogens with zero attached hydrogens (tertiary/aromatic N) is 2. The van der Waals surface area contributed by atoms with Crippen LogP contribution in [0.15, 0.2) is 84.9 Å². The summed E-state index contributed by atoms with van der Waals surface area (Å²) in [6, 6.07) is 28.7. The van der Waals surface area contributed by atoms with Crippen LogP contribution in [-0.4, -0.2) is 46.2 Å². The molecule has 3 aromatic rings. The molecule has 4 heteroatoms. The summed E-state index contributed by atoms with van der Waals surface area (Å²) < 4.78 is 6.68. The molecular weight excluding hydrogens is 432 g/mol. The SMILES string of the molecule is CN(C[C@@H](OCC(C)(C)N(Cc1ccccc1)Cc1ccccc1)c1cccc(O)c1)C(C)(C)C. The number of aromatic hydroxyl groups is 1. The minimum Gasteiger partial charge on any atom is -0.508 e. The van der Waals surface area contributed by atoms with Gasteiger partial charge in [0, 0.05) is 30.7 Å². The van der Waals surface area contributed by atoms with Crippen LogP contribution >= 0.6 is 0 Å². The predicted molar refractivity (Wildman–Crippen MR) is 145 cm³/mol. The van der Waals surface area contributed by atoms with Crippen LogP contribution in [0.2, 0.25) is 0 Å². The number of phenolic OH excluding ortho intramolecular Hbond substituents is 1. The van der Waals surface area contributed by atoms with Crippen molar-refractivity contribution in [1.82, 2.24) is 9.80 Å². The van der Waals surface area contributed by atoms with Gasteiger partial charge in [0.15, 0.2) is 0 Å². The van der Waals surface area contributed by atoms with Crippen LogP contribution in [0.1, 0.15) is 57.4 Å². The highest BCUT2D eigenvalue weighted by molar-refractivity contribution is 5.29. The van der Waals surface area contributed by atoms with E-state index in [0.29, 0.717) is 6.61 Å². The first-order chi connectivity index (χ1) is 16.5. The second kappa shape index (κ2) is 11.9. The Bertz CT molecular complexity index is 987. The normalized spacial score (nSPS) is 13.4. The van der Waals surface area contributed by atoms with Crippen LogP contribution in [0.3, 0.4) is 0 Å². The molecule has 1 N–H and O–H groups in total. The quantitative estimate of drug-likeness (QED) is 0.337. The third-order valence-corrected chi connectivity index (χ3v) is 6.75. The lowest BCUT2D eigenvalue weighted by Gasteiger charge is -2.41. The molecule has 0 bridgehead atoms. The number of benzene rings is 3. The van der Waals surface area contributed by atoms with Gasteiger partial charge in [-0.1, -0.05) is 72.8 Å². The van der Waals surface area contributed by atoms with Gasteiger partial charge in [-0.25, -0.2) is 0 Å². The Kier molecular flexibility index (Phi) is 9.12. The maximum absolute atomic E-state index is 10.1. The summed E-state index contributed by atoms with van der Waals surface area (Å²) >= 11 is 0. The van der Waals surface area contributed by atoms with E-state index in [-0.39, 0.29) is 22.9 Å². The zero-order chi connectivity index (χ0) is 25.5. The molecule has 188 valence electrons. The number of hydrogen-bond donors (Lipinski definition) is 1. The largest absolute Gasteiger partial charge is 0.508 e. The molecule has 0 heterocycles. The Morgan fingerprint density at radius 2 is 1.31 bits per heavy atom. The molecule has 0 aliphatic rings. The summed E-state index contributed by atoms with van der Waals surface area (Å²) in [5.74, 6) is 0.267. The number of rotatable bonds is 11. The van der Waals surface area contributed by atoms with Gasteiger partial charge in [0.05, 0.1) is 12.7 Å². The Morgan fingerprint density at radius 1 is 0.771 bits per heavy atom. The molecule has 0 aliphatic heterocycles. The molecule has 0 unspecified atom stereocenters. The Hall–Kier alpha value is -2.66. The number of likely N-dealkylation sites (N-methyl/N-ethyl adjacent to an activating group) is 1. The molecule has 0 radical (unpaired) electrons. The Morgan fingerprint density at radius 3 is 1.80 bits per heavy atom. The summed E-state index contributed by atoms with van der Waals surface area (Å²) in [7, 11) is 2.13. The maximum Gasteiger partial charge on any atom is 0.115 e. The molecule has 0 saturated carbocycles. The van der Waals surface area contributed by atoms with Crippen LogP contribution in [-0.2, 0) is 17.8 Å². The third-order valence-electron chi connectivity index (χ3n) is 6.75. The van der Waals surface area contributed by atoms with E-state index in [0.717, 1.165) is 25.2 Å². The van der Waals surface area contributed by atoms with E-state index in [4.69, 9.17) is 4.74 Å². The molecule has 3 rings (SSSR count). The van der Waals surface area contributed by atoms with Crippen molar-refractivity contribution < 1.29 is 9.84 Å². The average molecular weight is 475 g/mol. The molecule has 0 fully saturated rings. The lowest BCUT2D eigenvalue weighted by molar-refractivity contribution is -0.0502. The van der Waals surface area contributed by atoms with Crippen molar-refractivity contribution in [2.75, 3.05) is 20.2 Å². The maximum atomic E-state index is 10.1. The van der Waals surface area contributed by atoms with E-state index >= 15 is 0 Å². The minimum atomic E-state index is -0.221. The Labute approximate surface area is 212 Å². The first kappa shape index (κ1) is 26.9. The lowest BCUT2D eigenvalue weighted by Crippen LogP contribution is -2.47. The third kappa shape index (κ3) is 8.21. The molecule has 0 amide bonds. The molecule has 3 aromatic carbocycles. The fourth-order valence-electron chi connectivity index (χ4n) is 3.99. The highest BCUT2D eigenvalue weighted by Crippen LogP contribution is 2.28. The van der Waals surface area contributed by atoms with Crippen LogP contribution in [0.25, 0.3) is 0 Å². The van der Waals surface area contributed by atoms with Crippen molar-refractivity contribution in [1.29, 1.82) is 0 Å². The van der Waals surface area contributed by atoms with Gasteiger partial charge in [0.1, 0.15) is 5.75 Å². The lowest BCUT2D eigenvalue weighted by atomic mass is 10.00. The molecule has 0 spiro atoms. The molecular formula is C31H42N2O2. The van der Waals surface area contributed by atoms with Crippen molar-refractivity contribution in [3.8, 4) is 5.75 Å². The molecule has 35 heavy (non-hydrogen) atoms. The monoisotopic (exact) mass is 474 g/mol. The average Bonchev–Trinajstić information content (AvgIpc) is 2.82. The van der Waals surface area contributed by atoms with Crippen LogP contribution in [0, 0.1) is 0 Å². The van der Waals surface area contributed by atoms with Crippen molar-refractivity contribution in [2.45, 2.75) is 64.9 Å². The zero-order valence-corrected chi connectivity index (χ0v) is 22.2. The summed E-state index contributed by atoms with van der Waals surface area (Å²) in [6.07, 6.45) is -0.152. The first-order valence-electron chi connectivity index (χ1n) is 12.5. The molecule has 4 nitrogen and oxygen atoms in total. The second-order valence-electron chi connectivity index (χ2n) is 11.1. The van der Waals surface area contributed by atoms with E-state index in [2.05, 4.69) is 112 Å². The van der Waals surface area contributed by atoms with E-state index in [1.165, 1.54) is 11.1 Å². The van der Waals surface area contributed by atoms with Crippen LogP contribution in [0.5, 0.6) is 5.75 Å². The topological polar surface area (TPSA) is 35.9 Å². The Balaban J connectivity index is 1.82.